The van der Waals surface area contributed by atoms with Crippen molar-refractivity contribution in [2.24, 2.45) is 0 Å². The zero-order valence-corrected chi connectivity index (χ0v) is 15.4. The largest absolute Gasteiger partial charge is 0.494 e. The van der Waals surface area contributed by atoms with Crippen LogP contribution in [0.4, 0.5) is 0 Å². The van der Waals surface area contributed by atoms with Gasteiger partial charge >= 0.3 is 11.4 Å². The van der Waals surface area contributed by atoms with Gasteiger partial charge in [0.05, 0.1) is 17.5 Å². The average molecular weight is 353 g/mol. The van der Waals surface area contributed by atoms with Crippen molar-refractivity contribution in [3.63, 3.8) is 0 Å². The smallest absolute Gasteiger partial charge is 0.422 e. The minimum absolute atomic E-state index is 0.441. The molecule has 0 saturated heterocycles. The van der Waals surface area contributed by atoms with E-state index in [0.29, 0.717) is 24.1 Å². The third-order valence-electron chi connectivity index (χ3n) is 4.37. The van der Waals surface area contributed by atoms with Crippen LogP contribution in [-0.2, 0) is 6.54 Å². The van der Waals surface area contributed by atoms with Gasteiger partial charge in [0.15, 0.2) is 0 Å². The number of para-hydroxylation sites is 1. The van der Waals surface area contributed by atoms with Crippen LogP contribution in [0.15, 0.2) is 50.4 Å². The fourth-order valence-corrected chi connectivity index (χ4v) is 3.24. The first-order valence-corrected chi connectivity index (χ1v) is 8.80. The molecule has 0 aliphatic carbocycles. The van der Waals surface area contributed by atoms with Gasteiger partial charge in [-0.15, -0.1) is 0 Å². The topological polar surface area (TPSA) is 61.4 Å². The molecule has 0 saturated carbocycles. The predicted molar refractivity (Wildman–Crippen MR) is 102 cm³/mol. The Kier molecular flexibility index (Phi) is 5.26. The maximum atomic E-state index is 12.1. The van der Waals surface area contributed by atoms with Crippen LogP contribution in [0.5, 0.6) is 5.75 Å². The zero-order chi connectivity index (χ0) is 18.7. The third-order valence-corrected chi connectivity index (χ3v) is 4.37. The minimum Gasteiger partial charge on any atom is -0.494 e. The van der Waals surface area contributed by atoms with Gasteiger partial charge in [-0.05, 0) is 68.5 Å². The minimum atomic E-state index is -0.605. The molecule has 3 rings (SSSR count). The van der Waals surface area contributed by atoms with E-state index >= 15 is 0 Å². The van der Waals surface area contributed by atoms with Gasteiger partial charge in [0.25, 0.3) is 0 Å². The Morgan fingerprint density at radius 2 is 1.73 bits per heavy atom. The van der Waals surface area contributed by atoms with Crippen molar-refractivity contribution >= 4 is 10.9 Å². The number of fused-ring (bicyclic) bond motifs is 1. The lowest BCUT2D eigenvalue weighted by molar-refractivity contribution is 0.300. The van der Waals surface area contributed by atoms with E-state index in [1.54, 1.807) is 16.7 Å². The Hall–Kier alpha value is -2.82. The van der Waals surface area contributed by atoms with Crippen molar-refractivity contribution in [3.05, 3.63) is 74.1 Å². The normalized spacial score (nSPS) is 11.0. The predicted octanol–water partition coefficient (Wildman–Crippen LogP) is 3.74. The number of aryl methyl sites for hydroxylation is 4. The van der Waals surface area contributed by atoms with E-state index in [1.165, 1.54) is 11.1 Å². The van der Waals surface area contributed by atoms with Crippen molar-refractivity contribution in [2.75, 3.05) is 6.61 Å². The van der Waals surface area contributed by atoms with Crippen LogP contribution in [0, 0.1) is 20.8 Å². The number of rotatable bonds is 6. The summed E-state index contributed by atoms with van der Waals surface area (Å²) < 4.78 is 12.2. The number of hydrogen-bond donors (Lipinski definition) is 0. The van der Waals surface area contributed by atoms with Crippen molar-refractivity contribution in [1.29, 1.82) is 0 Å². The van der Waals surface area contributed by atoms with Crippen LogP contribution in [-0.4, -0.2) is 11.2 Å². The molecule has 0 N–H and O–H groups in total. The van der Waals surface area contributed by atoms with E-state index in [-0.39, 0.29) is 0 Å². The molecule has 2 aromatic carbocycles. The molecule has 1 aromatic heterocycles. The summed E-state index contributed by atoms with van der Waals surface area (Å²) in [6.45, 7) is 7.04. The lowest BCUT2D eigenvalue weighted by atomic mass is 10.1. The molecular weight excluding hydrogens is 330 g/mol. The van der Waals surface area contributed by atoms with E-state index in [1.807, 2.05) is 39.0 Å². The van der Waals surface area contributed by atoms with Crippen LogP contribution in [0.1, 0.15) is 29.5 Å². The Balaban J connectivity index is 1.67. The van der Waals surface area contributed by atoms with Gasteiger partial charge in [0.2, 0.25) is 0 Å². The number of ether oxygens (including phenoxy) is 1. The fourth-order valence-electron chi connectivity index (χ4n) is 3.24. The van der Waals surface area contributed by atoms with Crippen LogP contribution in [0.2, 0.25) is 0 Å². The molecule has 0 aliphatic heterocycles. The monoisotopic (exact) mass is 353 g/mol. The van der Waals surface area contributed by atoms with Crippen molar-refractivity contribution < 1.29 is 9.15 Å². The summed E-state index contributed by atoms with van der Waals surface area (Å²) in [5.74, 6) is 0.263. The van der Waals surface area contributed by atoms with Gasteiger partial charge in [-0.25, -0.2) is 9.59 Å². The fraction of sp³-hybridized carbons (Fsp3) is 0.333. The molecule has 5 nitrogen and oxygen atoms in total. The third kappa shape index (κ3) is 3.87. The summed E-state index contributed by atoms with van der Waals surface area (Å²) in [5.41, 5.74) is 3.31. The molecule has 0 radical (unpaired) electrons. The molecule has 26 heavy (non-hydrogen) atoms. The van der Waals surface area contributed by atoms with Crippen LogP contribution < -0.4 is 16.1 Å². The quantitative estimate of drug-likeness (QED) is 0.634. The molecule has 0 atom stereocenters. The molecule has 1 heterocycles. The van der Waals surface area contributed by atoms with Crippen LogP contribution >= 0.6 is 0 Å². The van der Waals surface area contributed by atoms with Crippen LogP contribution in [0.25, 0.3) is 10.9 Å². The van der Waals surface area contributed by atoms with Crippen molar-refractivity contribution in [1.82, 2.24) is 4.57 Å². The summed E-state index contributed by atoms with van der Waals surface area (Å²) in [5, 5.41) is 0.441. The summed E-state index contributed by atoms with van der Waals surface area (Å²) in [7, 11) is 0. The van der Waals surface area contributed by atoms with Gasteiger partial charge in [0.1, 0.15) is 5.75 Å². The number of nitrogens with zero attached hydrogens (tertiary/aromatic N) is 1. The maximum absolute atomic E-state index is 12.1. The molecular formula is C21H23NO4. The van der Waals surface area contributed by atoms with E-state index < -0.39 is 11.4 Å². The first kappa shape index (κ1) is 18.0. The summed E-state index contributed by atoms with van der Waals surface area (Å²) in [6.07, 6.45) is 1.55. The SMILES string of the molecule is Cc1cc(C)cc(OCCCCn2c(=O)oc(=O)c3cccc(C)c32)c1. The first-order chi connectivity index (χ1) is 12.5. The maximum Gasteiger partial charge on any atom is 0.422 e. The van der Waals surface area contributed by atoms with Crippen molar-refractivity contribution in [3.8, 4) is 5.75 Å². The Morgan fingerprint density at radius 1 is 1.00 bits per heavy atom. The Bertz CT molecular complexity index is 1030. The second-order valence-electron chi connectivity index (χ2n) is 6.66. The zero-order valence-electron chi connectivity index (χ0n) is 15.4. The van der Waals surface area contributed by atoms with Gasteiger partial charge in [-0.3, -0.25) is 4.57 Å². The van der Waals surface area contributed by atoms with Crippen LogP contribution in [0.3, 0.4) is 0 Å². The molecule has 0 amide bonds. The summed E-state index contributed by atoms with van der Waals surface area (Å²) in [4.78, 5) is 24.0. The average Bonchev–Trinajstić information content (AvgIpc) is 2.56. The molecule has 0 unspecified atom stereocenters. The highest BCUT2D eigenvalue weighted by Gasteiger charge is 2.11. The number of hydrogen-bond acceptors (Lipinski definition) is 4. The molecule has 0 bridgehead atoms. The Labute approximate surface area is 151 Å². The lowest BCUT2D eigenvalue weighted by Crippen LogP contribution is -2.25. The van der Waals surface area contributed by atoms with Crippen molar-refractivity contribution in [2.45, 2.75) is 40.2 Å². The molecule has 0 fully saturated rings. The van der Waals surface area contributed by atoms with Gasteiger partial charge in [-0.1, -0.05) is 18.2 Å². The first-order valence-electron chi connectivity index (χ1n) is 8.80. The van der Waals surface area contributed by atoms with Gasteiger partial charge < -0.3 is 9.15 Å². The highest BCUT2D eigenvalue weighted by Crippen LogP contribution is 2.17. The molecule has 136 valence electrons. The Morgan fingerprint density at radius 3 is 2.46 bits per heavy atom. The number of benzene rings is 2. The molecule has 5 heteroatoms. The number of aromatic nitrogens is 1. The van der Waals surface area contributed by atoms with E-state index in [2.05, 4.69) is 6.07 Å². The highest BCUT2D eigenvalue weighted by molar-refractivity contribution is 5.80. The summed E-state index contributed by atoms with van der Waals surface area (Å²) >= 11 is 0. The van der Waals surface area contributed by atoms with E-state index in [0.717, 1.165) is 24.2 Å². The molecule has 0 aliphatic rings. The van der Waals surface area contributed by atoms with Gasteiger partial charge in [0, 0.05) is 6.54 Å². The number of unbranched alkanes of at least 4 members (excludes halogenated alkanes) is 1. The standard InChI is InChI=1S/C21H23NO4/c1-14-11-15(2)13-17(12-14)25-10-5-4-9-22-19-16(3)7-6-8-18(19)20(23)26-21(22)24/h6-8,11-13H,4-5,9-10H2,1-3H3. The molecule has 3 aromatic rings. The van der Waals surface area contributed by atoms with Gasteiger partial charge in [-0.2, -0.15) is 0 Å². The summed E-state index contributed by atoms with van der Waals surface area (Å²) in [6, 6.07) is 11.5. The molecule has 0 spiro atoms. The van der Waals surface area contributed by atoms with E-state index in [4.69, 9.17) is 9.15 Å². The lowest BCUT2D eigenvalue weighted by Gasteiger charge is -2.11. The second-order valence-corrected chi connectivity index (χ2v) is 6.66. The second kappa shape index (κ2) is 7.60. The highest BCUT2D eigenvalue weighted by atomic mass is 16.5. The van der Waals surface area contributed by atoms with E-state index in [9.17, 15) is 9.59 Å².